The van der Waals surface area contributed by atoms with E-state index in [-0.39, 0.29) is 11.7 Å². The van der Waals surface area contributed by atoms with Gasteiger partial charge >= 0.3 is 0 Å². The molecule has 27 heavy (non-hydrogen) atoms. The normalized spacial score (nSPS) is 25.0. The molecule has 3 aromatic rings. The number of aliphatic hydroxyl groups excluding tert-OH is 3. The van der Waals surface area contributed by atoms with Crippen LogP contribution >= 0.6 is 0 Å². The van der Waals surface area contributed by atoms with E-state index >= 15 is 0 Å². The summed E-state index contributed by atoms with van der Waals surface area (Å²) in [5.74, 6) is -0.141. The van der Waals surface area contributed by atoms with Crippen molar-refractivity contribution in [3.05, 3.63) is 48.5 Å². The molecule has 0 bridgehead atoms. The summed E-state index contributed by atoms with van der Waals surface area (Å²) in [7, 11) is 0. The summed E-state index contributed by atoms with van der Waals surface area (Å²) in [6, 6.07) is 8.65. The van der Waals surface area contributed by atoms with Gasteiger partial charge in [-0.3, -0.25) is 9.36 Å². The fourth-order valence-corrected chi connectivity index (χ4v) is 3.01. The van der Waals surface area contributed by atoms with Crippen molar-refractivity contribution in [1.29, 1.82) is 0 Å². The van der Waals surface area contributed by atoms with Crippen molar-refractivity contribution in [3.63, 3.8) is 0 Å². The highest BCUT2D eigenvalue weighted by atomic mass is 16.6. The standard InChI is InChI=1S/C17H17N5O5/c23-6-10-12(24)13(25)17(27-10)22-8-20-11-14(18-7-19-15(11)22)21-16(26)9-4-2-1-3-5-9/h1-5,7-8,10,12-13,17,23-25H,6H2,(H,18,19,21,26)/t10-,12+,13+,17-/m1/s1. The van der Waals surface area contributed by atoms with Crippen molar-refractivity contribution in [2.45, 2.75) is 24.5 Å². The van der Waals surface area contributed by atoms with Crippen LogP contribution in [0.5, 0.6) is 0 Å². The van der Waals surface area contributed by atoms with E-state index < -0.39 is 31.1 Å². The van der Waals surface area contributed by atoms with Gasteiger partial charge in [0.25, 0.3) is 5.91 Å². The van der Waals surface area contributed by atoms with Crippen LogP contribution < -0.4 is 5.32 Å². The Balaban J connectivity index is 1.65. The fraction of sp³-hybridized carbons (Fsp3) is 0.294. The fourth-order valence-electron chi connectivity index (χ4n) is 3.01. The lowest BCUT2D eigenvalue weighted by molar-refractivity contribution is -0.0511. The number of hydrogen-bond acceptors (Lipinski definition) is 8. The largest absolute Gasteiger partial charge is 0.394 e. The Morgan fingerprint density at radius 1 is 1.15 bits per heavy atom. The maximum absolute atomic E-state index is 12.4. The number of amides is 1. The summed E-state index contributed by atoms with van der Waals surface area (Å²) in [6.45, 7) is -0.436. The summed E-state index contributed by atoms with van der Waals surface area (Å²) >= 11 is 0. The third kappa shape index (κ3) is 3.04. The number of nitrogens with one attached hydrogen (secondary N) is 1. The van der Waals surface area contributed by atoms with E-state index in [2.05, 4.69) is 20.3 Å². The minimum Gasteiger partial charge on any atom is -0.394 e. The average molecular weight is 371 g/mol. The van der Waals surface area contributed by atoms with Gasteiger partial charge in [0.1, 0.15) is 24.6 Å². The second-order valence-electron chi connectivity index (χ2n) is 6.10. The molecule has 4 N–H and O–H groups in total. The number of fused-ring (bicyclic) bond motifs is 1. The zero-order chi connectivity index (χ0) is 19.0. The van der Waals surface area contributed by atoms with Gasteiger partial charge in [-0.15, -0.1) is 0 Å². The molecule has 3 heterocycles. The Bertz CT molecular complexity index is 963. The maximum atomic E-state index is 12.4. The van der Waals surface area contributed by atoms with Crippen LogP contribution in [0.3, 0.4) is 0 Å². The molecule has 1 aromatic carbocycles. The number of aromatic nitrogens is 4. The van der Waals surface area contributed by atoms with E-state index in [1.165, 1.54) is 17.2 Å². The maximum Gasteiger partial charge on any atom is 0.256 e. The van der Waals surface area contributed by atoms with Crippen molar-refractivity contribution in [1.82, 2.24) is 19.5 Å². The molecule has 140 valence electrons. The summed E-state index contributed by atoms with van der Waals surface area (Å²) in [4.78, 5) is 24.8. The molecule has 0 radical (unpaired) electrons. The molecule has 0 spiro atoms. The predicted molar refractivity (Wildman–Crippen MR) is 92.7 cm³/mol. The van der Waals surface area contributed by atoms with Crippen molar-refractivity contribution >= 4 is 22.9 Å². The van der Waals surface area contributed by atoms with Gasteiger partial charge in [-0.25, -0.2) is 15.0 Å². The highest BCUT2D eigenvalue weighted by Gasteiger charge is 2.44. The first-order valence-electron chi connectivity index (χ1n) is 8.26. The van der Waals surface area contributed by atoms with Crippen LogP contribution in [0.4, 0.5) is 5.82 Å². The average Bonchev–Trinajstić information content (AvgIpc) is 3.25. The molecule has 1 aliphatic heterocycles. The lowest BCUT2D eigenvalue weighted by atomic mass is 10.1. The van der Waals surface area contributed by atoms with Gasteiger partial charge in [-0.2, -0.15) is 0 Å². The van der Waals surface area contributed by atoms with Crippen molar-refractivity contribution in [2.24, 2.45) is 0 Å². The molecule has 2 aromatic heterocycles. The Morgan fingerprint density at radius 2 is 1.93 bits per heavy atom. The molecule has 1 aliphatic rings. The number of hydrogen-bond donors (Lipinski definition) is 4. The van der Waals surface area contributed by atoms with Gasteiger partial charge in [0, 0.05) is 5.56 Å². The third-order valence-corrected chi connectivity index (χ3v) is 4.42. The number of anilines is 1. The molecule has 1 fully saturated rings. The molecule has 1 amide bonds. The number of benzene rings is 1. The second-order valence-corrected chi connectivity index (χ2v) is 6.10. The van der Waals surface area contributed by atoms with Crippen LogP contribution in [-0.4, -0.2) is 65.7 Å². The van der Waals surface area contributed by atoms with Gasteiger partial charge < -0.3 is 25.4 Å². The number of aliphatic hydroxyl groups is 3. The van der Waals surface area contributed by atoms with E-state index in [0.29, 0.717) is 16.7 Å². The number of carbonyl (C=O) groups is 1. The molecule has 0 aliphatic carbocycles. The summed E-state index contributed by atoms with van der Waals surface area (Å²) in [6.07, 6.45) is -1.77. The van der Waals surface area contributed by atoms with Gasteiger partial charge in [0.15, 0.2) is 23.2 Å². The van der Waals surface area contributed by atoms with E-state index in [1.807, 2.05) is 6.07 Å². The lowest BCUT2D eigenvalue weighted by Crippen LogP contribution is -2.33. The first kappa shape index (κ1) is 17.5. The zero-order valence-electron chi connectivity index (χ0n) is 14.0. The van der Waals surface area contributed by atoms with Gasteiger partial charge in [-0.1, -0.05) is 18.2 Å². The topological polar surface area (TPSA) is 143 Å². The Hall–Kier alpha value is -2.92. The number of rotatable bonds is 4. The minimum atomic E-state index is -1.27. The zero-order valence-corrected chi connectivity index (χ0v) is 14.0. The first-order valence-corrected chi connectivity index (χ1v) is 8.26. The number of imidazole rings is 1. The van der Waals surface area contributed by atoms with Gasteiger partial charge in [0.2, 0.25) is 0 Å². The summed E-state index contributed by atoms with van der Waals surface area (Å²) in [5, 5.41) is 32.1. The van der Waals surface area contributed by atoms with Crippen molar-refractivity contribution < 1.29 is 24.9 Å². The molecule has 10 nitrogen and oxygen atoms in total. The Kier molecular flexibility index (Phi) is 4.54. The van der Waals surface area contributed by atoms with Crippen LogP contribution in [0.25, 0.3) is 11.2 Å². The molecule has 1 saturated heterocycles. The molecule has 0 unspecified atom stereocenters. The second kappa shape index (κ2) is 7.00. The van der Waals surface area contributed by atoms with E-state index in [0.717, 1.165) is 0 Å². The molecule has 0 saturated carbocycles. The molecule has 10 heteroatoms. The Morgan fingerprint density at radius 3 is 2.63 bits per heavy atom. The van der Waals surface area contributed by atoms with Gasteiger partial charge in [0.05, 0.1) is 12.9 Å². The smallest absolute Gasteiger partial charge is 0.256 e. The first-order chi connectivity index (χ1) is 13.1. The van der Waals surface area contributed by atoms with E-state index in [9.17, 15) is 20.1 Å². The number of nitrogens with zero attached hydrogens (tertiary/aromatic N) is 4. The summed E-state index contributed by atoms with van der Waals surface area (Å²) in [5.41, 5.74) is 1.08. The lowest BCUT2D eigenvalue weighted by Gasteiger charge is -2.16. The summed E-state index contributed by atoms with van der Waals surface area (Å²) < 4.78 is 6.93. The molecule has 4 rings (SSSR count). The molecule has 4 atom stereocenters. The highest BCUT2D eigenvalue weighted by Crippen LogP contribution is 2.32. The van der Waals surface area contributed by atoms with Crippen LogP contribution in [-0.2, 0) is 4.74 Å². The van der Waals surface area contributed by atoms with Crippen LogP contribution in [0.1, 0.15) is 16.6 Å². The van der Waals surface area contributed by atoms with E-state index in [4.69, 9.17) is 4.74 Å². The Labute approximate surface area is 153 Å². The molecular formula is C17H17N5O5. The van der Waals surface area contributed by atoms with Crippen molar-refractivity contribution in [3.8, 4) is 0 Å². The SMILES string of the molecule is O=C(Nc1ncnc2c1ncn2[C@@H]1O[C@H](CO)[C@H](O)[C@@H]1O)c1ccccc1. The van der Waals surface area contributed by atoms with Crippen LogP contribution in [0.2, 0.25) is 0 Å². The number of ether oxygens (including phenoxy) is 1. The predicted octanol–water partition coefficient (Wildman–Crippen LogP) is -0.310. The van der Waals surface area contributed by atoms with Crippen LogP contribution in [0.15, 0.2) is 43.0 Å². The minimum absolute atomic E-state index is 0.208. The van der Waals surface area contributed by atoms with Crippen molar-refractivity contribution in [2.75, 3.05) is 11.9 Å². The number of carbonyl (C=O) groups excluding carboxylic acids is 1. The molecular weight excluding hydrogens is 354 g/mol. The van der Waals surface area contributed by atoms with E-state index in [1.54, 1.807) is 24.3 Å². The monoisotopic (exact) mass is 371 g/mol. The van der Waals surface area contributed by atoms with Crippen LogP contribution in [0, 0.1) is 0 Å². The third-order valence-electron chi connectivity index (χ3n) is 4.42. The quantitative estimate of drug-likeness (QED) is 0.489. The highest BCUT2D eigenvalue weighted by molar-refractivity contribution is 6.06. The van der Waals surface area contributed by atoms with Gasteiger partial charge in [-0.05, 0) is 12.1 Å².